The molecule has 0 saturated heterocycles. The van der Waals surface area contributed by atoms with Crippen LogP contribution in [-0.2, 0) is 19.4 Å². The Morgan fingerprint density at radius 2 is 1.90 bits per heavy atom. The molecular weight excluding hydrogens is 258 g/mol. The third kappa shape index (κ3) is 3.53. The predicted molar refractivity (Wildman–Crippen MR) is 88.7 cm³/mol. The first-order valence-corrected chi connectivity index (χ1v) is 7.89. The molecule has 2 rings (SSSR count). The van der Waals surface area contributed by atoms with Crippen molar-refractivity contribution in [3.8, 4) is 0 Å². The minimum absolute atomic E-state index is 0.291. The molecule has 1 heterocycles. The summed E-state index contributed by atoms with van der Waals surface area (Å²) in [4.78, 5) is 0. The van der Waals surface area contributed by atoms with E-state index in [-0.39, 0.29) is 0 Å². The van der Waals surface area contributed by atoms with Crippen molar-refractivity contribution in [3.63, 3.8) is 0 Å². The van der Waals surface area contributed by atoms with Gasteiger partial charge in [-0.25, -0.2) is 0 Å². The number of likely N-dealkylation sites (N-methyl/N-ethyl adjacent to an activating group) is 1. The zero-order chi connectivity index (χ0) is 15.4. The maximum absolute atomic E-state index is 4.74. The summed E-state index contributed by atoms with van der Waals surface area (Å²) in [5.74, 6) is 0. The van der Waals surface area contributed by atoms with E-state index in [1.165, 1.54) is 28.1 Å². The van der Waals surface area contributed by atoms with Gasteiger partial charge in [0.25, 0.3) is 0 Å². The van der Waals surface area contributed by atoms with Crippen LogP contribution in [0.5, 0.6) is 0 Å². The molecule has 1 aromatic carbocycles. The number of rotatable bonds is 6. The maximum atomic E-state index is 4.74. The molecule has 0 fully saturated rings. The lowest BCUT2D eigenvalue weighted by Gasteiger charge is -2.20. The number of nitrogens with zero attached hydrogens (tertiary/aromatic N) is 2. The summed E-state index contributed by atoms with van der Waals surface area (Å²) in [6, 6.07) is 9.18. The maximum Gasteiger partial charge on any atom is 0.0624 e. The van der Waals surface area contributed by atoms with Crippen molar-refractivity contribution in [3.05, 3.63) is 52.3 Å². The van der Waals surface area contributed by atoms with Gasteiger partial charge in [0.15, 0.2) is 0 Å². The predicted octanol–water partition coefficient (Wildman–Crippen LogP) is 3.59. The van der Waals surface area contributed by atoms with E-state index in [1.54, 1.807) is 0 Å². The molecule has 0 aliphatic heterocycles. The molecule has 3 heteroatoms. The van der Waals surface area contributed by atoms with Crippen LogP contribution in [0, 0.1) is 13.8 Å². The van der Waals surface area contributed by atoms with E-state index in [1.807, 2.05) is 7.05 Å². The van der Waals surface area contributed by atoms with Gasteiger partial charge in [0.1, 0.15) is 0 Å². The molecule has 0 bridgehead atoms. The van der Waals surface area contributed by atoms with Crippen LogP contribution >= 0.6 is 0 Å². The van der Waals surface area contributed by atoms with Gasteiger partial charge in [-0.3, -0.25) is 4.68 Å². The molecule has 1 atom stereocenters. The number of hydrogen-bond donors (Lipinski definition) is 1. The standard InChI is InChI=1S/C18H27N3/c1-6-15-11-16(7-2)21(20-15)12-18(19-5)17-10-13(3)8-9-14(17)4/h8-11,18-19H,6-7,12H2,1-5H3. The summed E-state index contributed by atoms with van der Waals surface area (Å²) >= 11 is 0. The fourth-order valence-corrected chi connectivity index (χ4v) is 2.78. The van der Waals surface area contributed by atoms with Gasteiger partial charge in [-0.2, -0.15) is 5.10 Å². The van der Waals surface area contributed by atoms with Crippen molar-refractivity contribution in [2.45, 2.75) is 53.1 Å². The molecule has 21 heavy (non-hydrogen) atoms. The highest BCUT2D eigenvalue weighted by Crippen LogP contribution is 2.21. The van der Waals surface area contributed by atoms with Crippen LogP contribution in [0.3, 0.4) is 0 Å². The molecular formula is C18H27N3. The topological polar surface area (TPSA) is 29.9 Å². The highest BCUT2D eigenvalue weighted by molar-refractivity contribution is 5.33. The lowest BCUT2D eigenvalue weighted by molar-refractivity contribution is 0.454. The Hall–Kier alpha value is -1.61. The van der Waals surface area contributed by atoms with E-state index in [0.29, 0.717) is 6.04 Å². The van der Waals surface area contributed by atoms with Gasteiger partial charge >= 0.3 is 0 Å². The summed E-state index contributed by atoms with van der Waals surface area (Å²) in [6.07, 6.45) is 2.02. The van der Waals surface area contributed by atoms with E-state index in [9.17, 15) is 0 Å². The molecule has 0 radical (unpaired) electrons. The minimum atomic E-state index is 0.291. The van der Waals surface area contributed by atoms with Gasteiger partial charge in [0.05, 0.1) is 18.3 Å². The van der Waals surface area contributed by atoms with Crippen molar-refractivity contribution in [2.24, 2.45) is 0 Å². The first-order valence-electron chi connectivity index (χ1n) is 7.89. The number of hydrogen-bond acceptors (Lipinski definition) is 2. The summed E-state index contributed by atoms with van der Waals surface area (Å²) < 4.78 is 2.17. The summed E-state index contributed by atoms with van der Waals surface area (Å²) in [5, 5.41) is 8.19. The van der Waals surface area contributed by atoms with Crippen LogP contribution in [0.1, 0.15) is 48.0 Å². The van der Waals surface area contributed by atoms with Gasteiger partial charge in [0, 0.05) is 5.69 Å². The zero-order valence-electron chi connectivity index (χ0n) is 13.9. The van der Waals surface area contributed by atoms with Gasteiger partial charge in [-0.05, 0) is 50.9 Å². The normalized spacial score (nSPS) is 12.6. The minimum Gasteiger partial charge on any atom is -0.311 e. The summed E-state index contributed by atoms with van der Waals surface area (Å²) in [6.45, 7) is 9.56. The SMILES string of the molecule is CCc1cc(CC)n(CC(NC)c2cc(C)ccc2C)n1. The van der Waals surface area contributed by atoms with Crippen molar-refractivity contribution in [2.75, 3.05) is 7.05 Å². The quantitative estimate of drug-likeness (QED) is 0.879. The van der Waals surface area contributed by atoms with Crippen LogP contribution < -0.4 is 5.32 Å². The first kappa shape index (κ1) is 15.8. The molecule has 1 aromatic heterocycles. The Kier molecular flexibility index (Phi) is 5.18. The zero-order valence-corrected chi connectivity index (χ0v) is 13.9. The van der Waals surface area contributed by atoms with Crippen molar-refractivity contribution >= 4 is 0 Å². The Balaban J connectivity index is 2.30. The molecule has 0 spiro atoms. The first-order chi connectivity index (χ1) is 10.1. The third-order valence-electron chi connectivity index (χ3n) is 4.15. The second-order valence-electron chi connectivity index (χ2n) is 5.72. The fourth-order valence-electron chi connectivity index (χ4n) is 2.78. The Morgan fingerprint density at radius 3 is 2.52 bits per heavy atom. The molecule has 0 amide bonds. The highest BCUT2D eigenvalue weighted by Gasteiger charge is 2.15. The summed E-state index contributed by atoms with van der Waals surface area (Å²) in [7, 11) is 2.03. The number of aryl methyl sites for hydroxylation is 4. The molecule has 2 aromatic rings. The number of aromatic nitrogens is 2. The number of benzene rings is 1. The molecule has 1 N–H and O–H groups in total. The molecule has 0 aliphatic rings. The van der Waals surface area contributed by atoms with Crippen molar-refractivity contribution in [1.82, 2.24) is 15.1 Å². The van der Waals surface area contributed by atoms with Gasteiger partial charge in [0.2, 0.25) is 0 Å². The molecule has 0 aliphatic carbocycles. The largest absolute Gasteiger partial charge is 0.311 e. The van der Waals surface area contributed by atoms with Crippen molar-refractivity contribution < 1.29 is 0 Å². The smallest absolute Gasteiger partial charge is 0.0624 e. The summed E-state index contributed by atoms with van der Waals surface area (Å²) in [5.41, 5.74) is 6.51. The van der Waals surface area contributed by atoms with Crippen LogP contribution in [0.25, 0.3) is 0 Å². The Labute approximate surface area is 128 Å². The van der Waals surface area contributed by atoms with Crippen LogP contribution in [0.15, 0.2) is 24.3 Å². The van der Waals surface area contributed by atoms with Gasteiger partial charge < -0.3 is 5.32 Å². The average Bonchev–Trinajstić information content (AvgIpc) is 2.89. The monoisotopic (exact) mass is 285 g/mol. The second-order valence-corrected chi connectivity index (χ2v) is 5.72. The van der Waals surface area contributed by atoms with E-state index >= 15 is 0 Å². The van der Waals surface area contributed by atoms with E-state index in [4.69, 9.17) is 5.10 Å². The second kappa shape index (κ2) is 6.90. The van der Waals surface area contributed by atoms with Gasteiger partial charge in [-0.1, -0.05) is 37.6 Å². The van der Waals surface area contributed by atoms with Crippen LogP contribution in [-0.4, -0.2) is 16.8 Å². The van der Waals surface area contributed by atoms with Crippen molar-refractivity contribution in [1.29, 1.82) is 0 Å². The van der Waals surface area contributed by atoms with Crippen LogP contribution in [0.4, 0.5) is 0 Å². The fraction of sp³-hybridized carbons (Fsp3) is 0.500. The van der Waals surface area contributed by atoms with E-state index in [2.05, 4.69) is 62.0 Å². The number of nitrogens with one attached hydrogen (secondary N) is 1. The third-order valence-corrected chi connectivity index (χ3v) is 4.15. The lowest BCUT2D eigenvalue weighted by atomic mass is 9.99. The molecule has 114 valence electrons. The molecule has 3 nitrogen and oxygen atoms in total. The van der Waals surface area contributed by atoms with Gasteiger partial charge in [-0.15, -0.1) is 0 Å². The highest BCUT2D eigenvalue weighted by atomic mass is 15.3. The molecule has 1 unspecified atom stereocenters. The average molecular weight is 285 g/mol. The lowest BCUT2D eigenvalue weighted by Crippen LogP contribution is -2.24. The van der Waals surface area contributed by atoms with E-state index < -0.39 is 0 Å². The van der Waals surface area contributed by atoms with Crippen LogP contribution in [0.2, 0.25) is 0 Å². The Morgan fingerprint density at radius 1 is 1.14 bits per heavy atom. The Bertz CT molecular complexity index is 599. The molecule has 0 saturated carbocycles. The van der Waals surface area contributed by atoms with E-state index in [0.717, 1.165) is 19.4 Å².